The number of nitrogens with one attached hydrogen (secondary N) is 8. The van der Waals surface area contributed by atoms with Crippen molar-refractivity contribution < 1.29 is 174 Å². The Balaban J connectivity index is 1.49. The Morgan fingerprint density at radius 3 is 1.01 bits per heavy atom. The van der Waals surface area contributed by atoms with E-state index < -0.39 is 186 Å². The number of unbranched alkanes of at least 4 members (excludes halogenated alkanes) is 5. The number of ether oxygens (including phenoxy) is 15. The summed E-state index contributed by atoms with van der Waals surface area (Å²) in [5, 5.41) is 112. The lowest BCUT2D eigenvalue weighted by molar-refractivity contribution is -0.272. The summed E-state index contributed by atoms with van der Waals surface area (Å²) in [6.07, 6.45) is -12.1. The van der Waals surface area contributed by atoms with Gasteiger partial charge in [-0.2, -0.15) is 0 Å². The van der Waals surface area contributed by atoms with Crippen molar-refractivity contribution in [2.75, 3.05) is 192 Å². The first-order chi connectivity index (χ1) is 53.8. The molecule has 0 bridgehead atoms. The molecule has 0 aromatic carbocycles. The van der Waals surface area contributed by atoms with Crippen LogP contribution in [0.5, 0.6) is 0 Å². The third-order valence-electron chi connectivity index (χ3n) is 16.8. The second-order valence-corrected chi connectivity index (χ2v) is 27.4. The van der Waals surface area contributed by atoms with Crippen molar-refractivity contribution in [2.45, 2.75) is 189 Å². The first-order valence-corrected chi connectivity index (χ1v) is 38.9. The summed E-state index contributed by atoms with van der Waals surface area (Å²) in [6.45, 7) is 2.54. The molecule has 18 atom stereocenters. The van der Waals surface area contributed by atoms with Crippen LogP contribution in [0.4, 0.5) is 0 Å². The van der Waals surface area contributed by atoms with E-state index in [9.17, 15) is 93.8 Å². The van der Waals surface area contributed by atoms with Gasteiger partial charge in [0.15, 0.2) is 18.9 Å². The molecule has 18 N–H and O–H groups in total. The average molecular weight is 1650 g/mol. The van der Waals surface area contributed by atoms with Crippen LogP contribution in [0.3, 0.4) is 0 Å². The predicted molar refractivity (Wildman–Crippen MR) is 383 cm³/mol. The van der Waals surface area contributed by atoms with Crippen molar-refractivity contribution >= 4 is 55.1 Å². The number of aliphatic hydroxyl groups is 9. The third-order valence-corrected chi connectivity index (χ3v) is 17.8. The van der Waals surface area contributed by atoms with Crippen molar-refractivity contribution in [3.63, 3.8) is 0 Å². The first kappa shape index (κ1) is 101. The molecule has 652 valence electrons. The maximum atomic E-state index is 14.2. The molecule has 112 heavy (non-hydrogen) atoms. The van der Waals surface area contributed by atoms with Crippen LogP contribution in [0.15, 0.2) is 0 Å². The summed E-state index contributed by atoms with van der Waals surface area (Å²) < 4.78 is 104. The fourth-order valence-corrected chi connectivity index (χ4v) is 11.5. The number of hydrogen-bond donors (Lipinski definition) is 18. The smallest absolute Gasteiger partial charge is 0.394 e. The highest BCUT2D eigenvalue weighted by molar-refractivity contribution is 7.47. The minimum absolute atomic E-state index is 0.0243. The molecule has 0 aliphatic carbocycles. The summed E-state index contributed by atoms with van der Waals surface area (Å²) in [5.74, 6) is -4.27. The molecule has 3 aliphatic heterocycles. The number of phosphoric acid groups is 1. The van der Waals surface area contributed by atoms with Crippen LogP contribution in [0, 0.1) is 0 Å². The molecule has 0 spiro atoms. The Hall–Kier alpha value is -5.09. The summed E-state index contributed by atoms with van der Waals surface area (Å²) in [7, 11) is -3.09. The van der Waals surface area contributed by atoms with Crippen molar-refractivity contribution in [2.24, 2.45) is 0 Å². The molecule has 0 saturated carbocycles. The molecule has 44 nitrogen and oxygen atoms in total. The maximum absolute atomic E-state index is 14.2. The van der Waals surface area contributed by atoms with E-state index in [4.69, 9.17) is 75.6 Å². The number of carbonyl (C=O) groups excluding carboxylic acids is 8. The van der Waals surface area contributed by atoms with Crippen LogP contribution in [0.1, 0.15) is 85.0 Å². The van der Waals surface area contributed by atoms with Crippen LogP contribution in [-0.4, -0.2) is 394 Å². The van der Waals surface area contributed by atoms with E-state index in [1.54, 1.807) is 0 Å². The Morgan fingerprint density at radius 2 is 0.670 bits per heavy atom. The second-order valence-electron chi connectivity index (χ2n) is 25.8. The quantitative estimate of drug-likeness (QED) is 0.0199. The standard InChI is InChI=1S/C67H123N8O36P/c1-43(79)71-54-60(88)57(85)48(37-76)109-65(54)105-34-31-99-22-19-96-25-28-102-40-51(82)68-15-10-7-13-46(63(91)70-17-9-5-6-12-18-108-112(93,94)95-4)75-64(92)47(74-53(84)42-104-30-27-98-21-24-101-33-36-107-67-56(73-45(3)81)62(90)59(87)50(39-78)111-67)14-8-11-16-69-52(83)41-103-29-26-97-20-23-100-32-35-106-66-55(72-44(2)80)61(89)58(86)49(38-77)110-66/h46-50,54-62,65-67,76-78,85-90H,5-42H2,1-4H3,(H,68,82)(H,69,83)(H,70,91)(H,71,79)(H,72,80)(H,73,81)(H,74,84)(H,75,92)(H,93,94)/t46?,47-,48+,49+,50+,54+,55+,56+,57-,58-,59-,60+,61+,62+,65+,66+,67+/m0/s1. The zero-order valence-electron chi connectivity index (χ0n) is 64.2. The SMILES string of the molecule is COP(=O)(O)OCCCCCCNC(=O)C(CCCCNC(=O)COCCOCCOCCO[C@@H]1O[C@H](CO)[C@H](O)[C@H](O)[C@H]1NC(C)=O)NC(=O)[C@H](CCCCNC(=O)COCCOCCOCCO[C@@H]1O[C@H](CO)[C@H](O)[C@H](O)[C@H]1NC(C)=O)NC(=O)COCCOCCOCCO[C@@H]1O[C@H](CO)[C@H](O)[C@H](O)[C@H]1NC(C)=O. The normalized spacial score (nSPS) is 24.9. The minimum Gasteiger partial charge on any atom is -0.394 e. The van der Waals surface area contributed by atoms with E-state index in [-0.39, 0.29) is 171 Å². The van der Waals surface area contributed by atoms with Crippen molar-refractivity contribution in [1.82, 2.24) is 42.5 Å². The van der Waals surface area contributed by atoms with Gasteiger partial charge in [0, 0.05) is 47.5 Å². The Bertz CT molecular complexity index is 2660. The van der Waals surface area contributed by atoms with Crippen LogP contribution >= 0.6 is 7.82 Å². The lowest BCUT2D eigenvalue weighted by atomic mass is 9.97. The van der Waals surface area contributed by atoms with Gasteiger partial charge < -0.3 is 164 Å². The summed E-state index contributed by atoms with van der Waals surface area (Å²) in [4.78, 5) is 111. The summed E-state index contributed by atoms with van der Waals surface area (Å²) in [5.41, 5.74) is 0. The van der Waals surface area contributed by atoms with Crippen LogP contribution in [-0.2, 0) is 123 Å². The number of hydrogen-bond acceptors (Lipinski definition) is 35. The van der Waals surface area contributed by atoms with Gasteiger partial charge in [-0.05, 0) is 51.4 Å². The van der Waals surface area contributed by atoms with Gasteiger partial charge in [-0.25, -0.2) is 4.57 Å². The van der Waals surface area contributed by atoms with Crippen LogP contribution < -0.4 is 42.5 Å². The Morgan fingerprint density at radius 1 is 0.366 bits per heavy atom. The van der Waals surface area contributed by atoms with Gasteiger partial charge in [0.25, 0.3) is 0 Å². The van der Waals surface area contributed by atoms with Gasteiger partial charge in [0.2, 0.25) is 47.3 Å². The van der Waals surface area contributed by atoms with E-state index >= 15 is 0 Å². The molecule has 0 aromatic rings. The zero-order chi connectivity index (χ0) is 82.5. The molecule has 45 heteroatoms. The number of carbonyl (C=O) groups is 8. The highest BCUT2D eigenvalue weighted by Gasteiger charge is 2.48. The third kappa shape index (κ3) is 43.2. The lowest BCUT2D eigenvalue weighted by Gasteiger charge is -2.42. The predicted octanol–water partition coefficient (Wildman–Crippen LogP) is -8.00. The van der Waals surface area contributed by atoms with Gasteiger partial charge in [0.05, 0.1) is 145 Å². The van der Waals surface area contributed by atoms with E-state index in [2.05, 4.69) is 47.1 Å². The monoisotopic (exact) mass is 1650 g/mol. The molecular weight excluding hydrogens is 1520 g/mol. The summed E-state index contributed by atoms with van der Waals surface area (Å²) in [6, 6.07) is -5.63. The number of amides is 8. The van der Waals surface area contributed by atoms with Crippen LogP contribution in [0.25, 0.3) is 0 Å². The number of aliphatic hydroxyl groups excluding tert-OH is 9. The largest absolute Gasteiger partial charge is 0.471 e. The molecule has 0 radical (unpaired) electrons. The first-order valence-electron chi connectivity index (χ1n) is 37.4. The van der Waals surface area contributed by atoms with Crippen molar-refractivity contribution in [3.05, 3.63) is 0 Å². The molecule has 0 aromatic heterocycles. The van der Waals surface area contributed by atoms with E-state index in [1.165, 1.54) is 20.8 Å². The Labute approximate surface area is 650 Å². The highest BCUT2D eigenvalue weighted by Crippen LogP contribution is 2.42. The van der Waals surface area contributed by atoms with Gasteiger partial charge in [-0.3, -0.25) is 47.4 Å². The Kier molecular flexibility index (Phi) is 54.5. The summed E-state index contributed by atoms with van der Waals surface area (Å²) >= 11 is 0. The van der Waals surface area contributed by atoms with E-state index in [0.717, 1.165) is 7.11 Å². The molecule has 3 aliphatic rings. The number of rotatable bonds is 65. The fourth-order valence-electron chi connectivity index (χ4n) is 11.0. The molecule has 3 rings (SSSR count). The molecule has 3 fully saturated rings. The van der Waals surface area contributed by atoms with E-state index in [1.807, 2.05) is 0 Å². The van der Waals surface area contributed by atoms with Crippen molar-refractivity contribution in [1.29, 1.82) is 0 Å². The maximum Gasteiger partial charge on any atom is 0.471 e. The van der Waals surface area contributed by atoms with Crippen molar-refractivity contribution in [3.8, 4) is 0 Å². The molecule has 8 amide bonds. The van der Waals surface area contributed by atoms with Gasteiger partial charge >= 0.3 is 7.82 Å². The second kappa shape index (κ2) is 60.4. The van der Waals surface area contributed by atoms with Gasteiger partial charge in [-0.15, -0.1) is 0 Å². The topological polar surface area (TPSA) is 609 Å². The minimum atomic E-state index is -4.14. The fraction of sp³-hybridized carbons (Fsp3) is 0.881. The lowest BCUT2D eigenvalue weighted by Crippen LogP contribution is -2.64. The molecular formula is C67H123N8O36P. The molecule has 3 saturated heterocycles. The zero-order valence-corrected chi connectivity index (χ0v) is 65.1. The average Bonchev–Trinajstić information content (AvgIpc) is 0.821. The van der Waals surface area contributed by atoms with E-state index in [0.29, 0.717) is 51.4 Å². The van der Waals surface area contributed by atoms with Gasteiger partial charge in [-0.1, -0.05) is 12.8 Å². The molecule has 2 unspecified atom stereocenters. The molecule has 3 heterocycles. The number of phosphoric ester groups is 1. The highest BCUT2D eigenvalue weighted by atomic mass is 31.2. The van der Waals surface area contributed by atoms with Gasteiger partial charge in [0.1, 0.15) is 105 Å². The van der Waals surface area contributed by atoms with Crippen LogP contribution in [0.2, 0.25) is 0 Å².